The Morgan fingerprint density at radius 1 is 0.667 bits per heavy atom. The van der Waals surface area contributed by atoms with E-state index in [-0.39, 0.29) is 5.92 Å². The number of aromatic nitrogens is 1. The molecule has 0 saturated carbocycles. The molecule has 0 saturated heterocycles. The van der Waals surface area contributed by atoms with Crippen molar-refractivity contribution in [3.63, 3.8) is 0 Å². The smallest absolute Gasteiger partial charge is 0.118 e. The molecular formula is C24H21NO2. The summed E-state index contributed by atoms with van der Waals surface area (Å²) in [6.07, 6.45) is 1.89. The number of hydrogen-bond donors (Lipinski definition) is 0. The van der Waals surface area contributed by atoms with Crippen LogP contribution in [0, 0.1) is 0 Å². The lowest BCUT2D eigenvalue weighted by molar-refractivity contribution is 0.414. The highest BCUT2D eigenvalue weighted by atomic mass is 16.5. The van der Waals surface area contributed by atoms with Crippen LogP contribution in [0.1, 0.15) is 22.6 Å². The van der Waals surface area contributed by atoms with Crippen molar-refractivity contribution in [2.24, 2.45) is 0 Å². The number of hydrogen-bond acceptors (Lipinski definition) is 3. The summed E-state index contributed by atoms with van der Waals surface area (Å²) in [6.45, 7) is 0. The Bertz CT molecular complexity index is 987. The number of nitrogens with zero attached hydrogens (tertiary/aromatic N) is 1. The predicted octanol–water partition coefficient (Wildman–Crippen LogP) is 5.43. The summed E-state index contributed by atoms with van der Waals surface area (Å²) in [5, 5.41) is 1.16. The van der Waals surface area contributed by atoms with Crippen LogP contribution in [0.4, 0.5) is 0 Å². The van der Waals surface area contributed by atoms with Crippen LogP contribution in [0.15, 0.2) is 85.1 Å². The topological polar surface area (TPSA) is 31.4 Å². The van der Waals surface area contributed by atoms with Crippen molar-refractivity contribution >= 4 is 10.9 Å². The van der Waals surface area contributed by atoms with E-state index < -0.39 is 0 Å². The predicted molar refractivity (Wildman–Crippen MR) is 109 cm³/mol. The average molecular weight is 355 g/mol. The Hall–Kier alpha value is -3.33. The van der Waals surface area contributed by atoms with Gasteiger partial charge in [0.15, 0.2) is 0 Å². The van der Waals surface area contributed by atoms with E-state index in [1.807, 2.05) is 36.5 Å². The van der Waals surface area contributed by atoms with Crippen molar-refractivity contribution in [3.05, 3.63) is 102 Å². The second-order valence-corrected chi connectivity index (χ2v) is 6.40. The lowest BCUT2D eigenvalue weighted by atomic mass is 9.83. The molecule has 0 aliphatic heterocycles. The lowest BCUT2D eigenvalue weighted by Crippen LogP contribution is -2.05. The van der Waals surface area contributed by atoms with E-state index in [4.69, 9.17) is 9.47 Å². The Balaban J connectivity index is 1.91. The minimum absolute atomic E-state index is 0.0923. The van der Waals surface area contributed by atoms with Crippen LogP contribution in [-0.2, 0) is 0 Å². The molecule has 0 aliphatic rings. The molecular weight excluding hydrogens is 334 g/mol. The molecule has 0 unspecified atom stereocenters. The van der Waals surface area contributed by atoms with Gasteiger partial charge in [-0.05, 0) is 53.1 Å². The molecule has 1 heterocycles. The molecule has 0 spiro atoms. The second kappa shape index (κ2) is 7.50. The number of ether oxygens (including phenoxy) is 2. The fourth-order valence-corrected chi connectivity index (χ4v) is 3.51. The molecule has 0 radical (unpaired) electrons. The summed E-state index contributed by atoms with van der Waals surface area (Å²) in [5.74, 6) is 1.80. The van der Waals surface area contributed by atoms with Gasteiger partial charge in [-0.1, -0.05) is 42.5 Å². The zero-order valence-corrected chi connectivity index (χ0v) is 15.4. The maximum Gasteiger partial charge on any atom is 0.118 e. The van der Waals surface area contributed by atoms with Gasteiger partial charge in [0.1, 0.15) is 11.5 Å². The molecule has 27 heavy (non-hydrogen) atoms. The van der Waals surface area contributed by atoms with E-state index in [1.165, 1.54) is 16.7 Å². The number of benzene rings is 3. The summed E-state index contributed by atoms with van der Waals surface area (Å²) < 4.78 is 10.7. The first-order chi connectivity index (χ1) is 13.3. The van der Waals surface area contributed by atoms with Crippen LogP contribution in [-0.4, -0.2) is 19.2 Å². The molecule has 0 fully saturated rings. The number of methoxy groups -OCH3 is 2. The van der Waals surface area contributed by atoms with E-state index in [0.29, 0.717) is 0 Å². The van der Waals surface area contributed by atoms with Crippen molar-refractivity contribution in [2.45, 2.75) is 5.92 Å². The first-order valence-corrected chi connectivity index (χ1v) is 8.91. The van der Waals surface area contributed by atoms with E-state index in [2.05, 4.69) is 53.5 Å². The van der Waals surface area contributed by atoms with E-state index in [0.717, 1.165) is 22.4 Å². The fourth-order valence-electron chi connectivity index (χ4n) is 3.51. The molecule has 3 nitrogen and oxygen atoms in total. The Morgan fingerprint density at radius 2 is 1.22 bits per heavy atom. The maximum atomic E-state index is 5.33. The number of pyridine rings is 1. The van der Waals surface area contributed by atoms with E-state index in [1.54, 1.807) is 14.2 Å². The van der Waals surface area contributed by atoms with E-state index in [9.17, 15) is 0 Å². The van der Waals surface area contributed by atoms with Crippen molar-refractivity contribution in [1.82, 2.24) is 4.98 Å². The zero-order chi connectivity index (χ0) is 18.6. The van der Waals surface area contributed by atoms with Crippen molar-refractivity contribution in [1.29, 1.82) is 0 Å². The van der Waals surface area contributed by atoms with Gasteiger partial charge in [-0.2, -0.15) is 0 Å². The first-order valence-electron chi connectivity index (χ1n) is 8.91. The van der Waals surface area contributed by atoms with Gasteiger partial charge in [0.2, 0.25) is 0 Å². The number of fused-ring (bicyclic) bond motifs is 1. The second-order valence-electron chi connectivity index (χ2n) is 6.40. The molecule has 3 heteroatoms. The summed E-state index contributed by atoms with van der Waals surface area (Å²) in [6, 6.07) is 26.9. The van der Waals surface area contributed by atoms with Gasteiger partial charge in [0.05, 0.1) is 19.7 Å². The third-order valence-corrected chi connectivity index (χ3v) is 4.89. The first kappa shape index (κ1) is 17.1. The fraction of sp³-hybridized carbons (Fsp3) is 0.125. The SMILES string of the molecule is COc1ccc(C(c2ccc(OC)cc2)c2ccnc3ccccc23)cc1. The minimum atomic E-state index is 0.0923. The normalized spacial score (nSPS) is 10.9. The van der Waals surface area contributed by atoms with Crippen LogP contribution in [0.25, 0.3) is 10.9 Å². The van der Waals surface area contributed by atoms with E-state index >= 15 is 0 Å². The van der Waals surface area contributed by atoms with Gasteiger partial charge in [-0.15, -0.1) is 0 Å². The quantitative estimate of drug-likeness (QED) is 0.478. The highest BCUT2D eigenvalue weighted by Gasteiger charge is 2.19. The Kier molecular flexibility index (Phi) is 4.75. The molecule has 0 N–H and O–H groups in total. The molecule has 4 aromatic rings. The van der Waals surface area contributed by atoms with Gasteiger partial charge < -0.3 is 9.47 Å². The van der Waals surface area contributed by atoms with Crippen molar-refractivity contribution < 1.29 is 9.47 Å². The van der Waals surface area contributed by atoms with Crippen molar-refractivity contribution in [2.75, 3.05) is 14.2 Å². The van der Waals surface area contributed by atoms with Gasteiger partial charge in [0, 0.05) is 17.5 Å². The molecule has 3 aromatic carbocycles. The Morgan fingerprint density at radius 3 is 1.78 bits per heavy atom. The molecule has 1 aromatic heterocycles. The molecule has 4 rings (SSSR count). The third kappa shape index (κ3) is 3.36. The molecule has 0 atom stereocenters. The highest BCUT2D eigenvalue weighted by molar-refractivity contribution is 5.83. The Labute approximate surface area is 159 Å². The number of para-hydroxylation sites is 1. The van der Waals surface area contributed by atoms with Gasteiger partial charge in [-0.3, -0.25) is 4.98 Å². The van der Waals surface area contributed by atoms with Gasteiger partial charge in [-0.25, -0.2) is 0 Å². The zero-order valence-electron chi connectivity index (χ0n) is 15.4. The number of rotatable bonds is 5. The minimum Gasteiger partial charge on any atom is -0.497 e. The third-order valence-electron chi connectivity index (χ3n) is 4.89. The largest absolute Gasteiger partial charge is 0.497 e. The van der Waals surface area contributed by atoms with Gasteiger partial charge >= 0.3 is 0 Å². The summed E-state index contributed by atoms with van der Waals surface area (Å²) in [5.41, 5.74) is 4.65. The maximum absolute atomic E-state index is 5.33. The van der Waals surface area contributed by atoms with Crippen LogP contribution >= 0.6 is 0 Å². The van der Waals surface area contributed by atoms with Crippen LogP contribution in [0.3, 0.4) is 0 Å². The summed E-state index contributed by atoms with van der Waals surface area (Å²) in [7, 11) is 3.37. The standard InChI is InChI=1S/C24H21NO2/c1-26-19-11-7-17(8-12-19)24(18-9-13-20(27-2)14-10-18)22-15-16-25-23-6-4-3-5-21(22)23/h3-16,24H,1-2H3. The molecule has 0 bridgehead atoms. The molecule has 0 aliphatic carbocycles. The van der Waals surface area contributed by atoms with Gasteiger partial charge in [0.25, 0.3) is 0 Å². The van der Waals surface area contributed by atoms with Crippen LogP contribution in [0.2, 0.25) is 0 Å². The van der Waals surface area contributed by atoms with Crippen molar-refractivity contribution in [3.8, 4) is 11.5 Å². The lowest BCUT2D eigenvalue weighted by Gasteiger charge is -2.21. The monoisotopic (exact) mass is 355 g/mol. The molecule has 134 valence electrons. The molecule has 0 amide bonds. The summed E-state index contributed by atoms with van der Waals surface area (Å²) >= 11 is 0. The van der Waals surface area contributed by atoms with Crippen LogP contribution in [0.5, 0.6) is 11.5 Å². The highest BCUT2D eigenvalue weighted by Crippen LogP contribution is 2.36. The van der Waals surface area contributed by atoms with Crippen LogP contribution < -0.4 is 9.47 Å². The summed E-state index contributed by atoms with van der Waals surface area (Å²) in [4.78, 5) is 4.53. The average Bonchev–Trinajstić information content (AvgIpc) is 2.75.